The van der Waals surface area contributed by atoms with E-state index in [0.29, 0.717) is 0 Å². The summed E-state index contributed by atoms with van der Waals surface area (Å²) >= 11 is 5.24. The molecule has 34 heavy (non-hydrogen) atoms. The van der Waals surface area contributed by atoms with Crippen molar-refractivity contribution < 1.29 is 9.66 Å². The minimum atomic E-state index is -0.479. The summed E-state index contributed by atoms with van der Waals surface area (Å²) < 4.78 is 7.02. The largest absolute Gasteiger partial charge is 0.497 e. The number of methoxy groups -OCH3 is 1. The summed E-state index contributed by atoms with van der Waals surface area (Å²) in [7, 11) is 1.61. The first-order valence-electron chi connectivity index (χ1n) is 10.2. The lowest BCUT2D eigenvalue weighted by Crippen LogP contribution is -2.24. The quantitative estimate of drug-likeness (QED) is 0.173. The number of ether oxygens (including phenoxy) is 1. The Hall–Kier alpha value is -4.57. The molecule has 1 aromatic heterocycles. The molecule has 0 saturated carbocycles. The van der Waals surface area contributed by atoms with Gasteiger partial charge in [-0.3, -0.25) is 15.5 Å². The number of nitro groups is 1. The second-order valence-electron chi connectivity index (χ2n) is 7.04. The molecular formula is C24H20N6O3S. The highest BCUT2D eigenvalue weighted by Crippen LogP contribution is 2.25. The summed E-state index contributed by atoms with van der Waals surface area (Å²) in [6.07, 6.45) is 3.46. The van der Waals surface area contributed by atoms with Crippen molar-refractivity contribution in [3.63, 3.8) is 0 Å². The van der Waals surface area contributed by atoms with E-state index in [4.69, 9.17) is 22.1 Å². The van der Waals surface area contributed by atoms with Crippen LogP contribution < -0.4 is 15.5 Å². The van der Waals surface area contributed by atoms with Gasteiger partial charge in [-0.25, -0.2) is 4.68 Å². The normalized spacial score (nSPS) is 10.7. The molecule has 0 saturated heterocycles. The van der Waals surface area contributed by atoms with Gasteiger partial charge in [0.25, 0.3) is 5.69 Å². The van der Waals surface area contributed by atoms with Crippen molar-refractivity contribution in [3.05, 3.63) is 101 Å². The molecule has 0 aliphatic rings. The van der Waals surface area contributed by atoms with Crippen molar-refractivity contribution in [2.45, 2.75) is 0 Å². The Labute approximate surface area is 200 Å². The number of hydrazone groups is 1. The second kappa shape index (κ2) is 10.4. The van der Waals surface area contributed by atoms with Crippen LogP contribution in [-0.2, 0) is 0 Å². The van der Waals surface area contributed by atoms with E-state index in [1.807, 2.05) is 60.8 Å². The molecule has 10 heteroatoms. The molecule has 0 spiro atoms. The number of aromatic nitrogens is 2. The van der Waals surface area contributed by atoms with E-state index < -0.39 is 4.92 Å². The van der Waals surface area contributed by atoms with Gasteiger partial charge in [-0.05, 0) is 54.7 Å². The fraction of sp³-hybridized carbons (Fsp3) is 0.0417. The highest BCUT2D eigenvalue weighted by molar-refractivity contribution is 7.80. The summed E-state index contributed by atoms with van der Waals surface area (Å²) in [5.74, 6) is 0.745. The molecule has 0 atom stereocenters. The molecule has 0 unspecified atom stereocenters. The molecule has 1 heterocycles. The molecule has 0 bridgehead atoms. The van der Waals surface area contributed by atoms with Gasteiger partial charge >= 0.3 is 0 Å². The highest BCUT2D eigenvalue weighted by atomic mass is 32.1. The van der Waals surface area contributed by atoms with Crippen LogP contribution in [0.1, 0.15) is 5.56 Å². The molecule has 3 aromatic carbocycles. The lowest BCUT2D eigenvalue weighted by atomic mass is 10.1. The van der Waals surface area contributed by atoms with Crippen LogP contribution in [0.5, 0.6) is 5.75 Å². The number of anilines is 1. The van der Waals surface area contributed by atoms with Gasteiger partial charge in [0.2, 0.25) is 0 Å². The molecular weight excluding hydrogens is 452 g/mol. The van der Waals surface area contributed by atoms with Crippen LogP contribution in [0.2, 0.25) is 0 Å². The summed E-state index contributed by atoms with van der Waals surface area (Å²) in [5.41, 5.74) is 6.14. The van der Waals surface area contributed by atoms with Gasteiger partial charge < -0.3 is 10.1 Å². The van der Waals surface area contributed by atoms with Crippen molar-refractivity contribution in [3.8, 4) is 22.7 Å². The minimum absolute atomic E-state index is 0.0819. The third-order valence-electron chi connectivity index (χ3n) is 4.85. The fourth-order valence-corrected chi connectivity index (χ4v) is 3.38. The first kappa shape index (κ1) is 22.6. The molecule has 2 N–H and O–H groups in total. The van der Waals surface area contributed by atoms with E-state index >= 15 is 0 Å². The maximum Gasteiger partial charge on any atom is 0.292 e. The number of nitrogens with one attached hydrogen (secondary N) is 2. The Balaban J connectivity index is 1.57. The molecule has 9 nitrogen and oxygen atoms in total. The molecule has 0 amide bonds. The predicted octanol–water partition coefficient (Wildman–Crippen LogP) is 4.78. The van der Waals surface area contributed by atoms with Gasteiger partial charge in [-0.2, -0.15) is 10.2 Å². The van der Waals surface area contributed by atoms with Crippen molar-refractivity contribution in [2.24, 2.45) is 5.10 Å². The zero-order valence-electron chi connectivity index (χ0n) is 18.1. The van der Waals surface area contributed by atoms with Gasteiger partial charge in [-0.1, -0.05) is 30.3 Å². The third-order valence-corrected chi connectivity index (χ3v) is 5.04. The topological polar surface area (TPSA) is 107 Å². The Morgan fingerprint density at radius 3 is 2.50 bits per heavy atom. The minimum Gasteiger partial charge on any atom is -0.497 e. The average Bonchev–Trinajstić information content (AvgIpc) is 3.29. The Bertz CT molecular complexity index is 1340. The van der Waals surface area contributed by atoms with Gasteiger partial charge in [0.1, 0.15) is 17.1 Å². The smallest absolute Gasteiger partial charge is 0.292 e. The van der Waals surface area contributed by atoms with Gasteiger partial charge in [-0.15, -0.1) is 0 Å². The summed E-state index contributed by atoms with van der Waals surface area (Å²) in [4.78, 5) is 10.7. The maximum atomic E-state index is 11.2. The second-order valence-corrected chi connectivity index (χ2v) is 7.45. The summed E-state index contributed by atoms with van der Waals surface area (Å²) in [6.45, 7) is 0. The van der Waals surface area contributed by atoms with Gasteiger partial charge in [0, 0.05) is 23.4 Å². The number of hydrogen-bond donors (Lipinski definition) is 2. The van der Waals surface area contributed by atoms with Crippen molar-refractivity contribution >= 4 is 34.9 Å². The zero-order valence-corrected chi connectivity index (χ0v) is 18.9. The summed E-state index contributed by atoms with van der Waals surface area (Å²) in [5, 5.41) is 23.1. The number of benzene rings is 3. The SMILES string of the molecule is COc1ccc(-c2nn(-c3ccccc3)cc2/C=N/NC(=S)Nc2ccccc2[N+](=O)[O-])cc1. The van der Waals surface area contributed by atoms with Crippen molar-refractivity contribution in [1.29, 1.82) is 0 Å². The van der Waals surface area contributed by atoms with E-state index in [-0.39, 0.29) is 16.5 Å². The first-order chi connectivity index (χ1) is 16.5. The van der Waals surface area contributed by atoms with E-state index in [2.05, 4.69) is 15.8 Å². The average molecular weight is 473 g/mol. The molecule has 4 rings (SSSR count). The number of thiocarbonyl (C=S) groups is 1. The lowest BCUT2D eigenvalue weighted by Gasteiger charge is -2.07. The van der Waals surface area contributed by atoms with Crippen LogP contribution in [0.15, 0.2) is 90.2 Å². The van der Waals surface area contributed by atoms with Gasteiger partial charge in [0.05, 0.1) is 23.9 Å². The first-order valence-corrected chi connectivity index (χ1v) is 10.6. The van der Waals surface area contributed by atoms with Crippen LogP contribution in [0.4, 0.5) is 11.4 Å². The monoisotopic (exact) mass is 472 g/mol. The van der Waals surface area contributed by atoms with E-state index in [1.165, 1.54) is 6.07 Å². The van der Waals surface area contributed by atoms with Crippen LogP contribution in [0, 0.1) is 10.1 Å². The van der Waals surface area contributed by atoms with Crippen LogP contribution in [0.3, 0.4) is 0 Å². The number of rotatable bonds is 7. The number of hydrogen-bond acceptors (Lipinski definition) is 6. The van der Waals surface area contributed by atoms with Crippen molar-refractivity contribution in [2.75, 3.05) is 12.4 Å². The Kier molecular flexibility index (Phi) is 6.89. The molecule has 0 aliphatic heterocycles. The third kappa shape index (κ3) is 5.25. The van der Waals surface area contributed by atoms with Crippen LogP contribution in [0.25, 0.3) is 16.9 Å². The van der Waals surface area contributed by atoms with E-state index in [1.54, 1.807) is 36.2 Å². The highest BCUT2D eigenvalue weighted by Gasteiger charge is 2.14. The maximum absolute atomic E-state index is 11.2. The molecule has 0 radical (unpaired) electrons. The van der Waals surface area contributed by atoms with Gasteiger partial charge in [0.15, 0.2) is 5.11 Å². The van der Waals surface area contributed by atoms with Crippen LogP contribution in [-0.4, -0.2) is 33.1 Å². The lowest BCUT2D eigenvalue weighted by molar-refractivity contribution is -0.383. The van der Waals surface area contributed by atoms with E-state index in [9.17, 15) is 10.1 Å². The standard InChI is InChI=1S/C24H20N6O3S/c1-33-20-13-11-17(12-14-20)23-18(16-29(28-23)19-7-3-2-4-8-19)15-25-27-24(34)26-21-9-5-6-10-22(21)30(31)32/h2-16H,1H3,(H2,26,27,34)/b25-15+. The van der Waals surface area contributed by atoms with Crippen molar-refractivity contribution in [1.82, 2.24) is 15.2 Å². The number of nitro benzene ring substituents is 1. The molecule has 170 valence electrons. The number of para-hydroxylation sites is 3. The Morgan fingerprint density at radius 2 is 1.79 bits per heavy atom. The number of nitrogens with zero attached hydrogens (tertiary/aromatic N) is 4. The fourth-order valence-electron chi connectivity index (χ4n) is 3.22. The zero-order chi connectivity index (χ0) is 23.9. The molecule has 0 aliphatic carbocycles. The molecule has 0 fully saturated rings. The van der Waals surface area contributed by atoms with Crippen LogP contribution >= 0.6 is 12.2 Å². The predicted molar refractivity (Wildman–Crippen MR) is 136 cm³/mol. The summed E-state index contributed by atoms with van der Waals surface area (Å²) in [6, 6.07) is 23.5. The molecule has 4 aromatic rings. The Morgan fingerprint density at radius 1 is 1.09 bits per heavy atom. The van der Waals surface area contributed by atoms with E-state index in [0.717, 1.165) is 28.3 Å².